The number of benzene rings is 1. The Bertz CT molecular complexity index is 431. The second-order valence-corrected chi connectivity index (χ2v) is 5.84. The Morgan fingerprint density at radius 2 is 1.89 bits per heavy atom. The van der Waals surface area contributed by atoms with Gasteiger partial charge in [-0.1, -0.05) is 29.8 Å². The van der Waals surface area contributed by atoms with Crippen LogP contribution in [0.2, 0.25) is 0 Å². The first-order valence-corrected chi connectivity index (χ1v) is 6.70. The maximum atomic E-state index is 12.6. The molecule has 0 aliphatic heterocycles. The van der Waals surface area contributed by atoms with Gasteiger partial charge in [0, 0.05) is 5.54 Å². The molecule has 0 spiro atoms. The summed E-state index contributed by atoms with van der Waals surface area (Å²) in [6.07, 6.45) is -2.18. The Balaban J connectivity index is 1.99. The van der Waals surface area contributed by atoms with Gasteiger partial charge in [-0.3, -0.25) is 0 Å². The van der Waals surface area contributed by atoms with Crippen molar-refractivity contribution in [1.82, 2.24) is 0 Å². The lowest BCUT2D eigenvalue weighted by atomic mass is 9.74. The van der Waals surface area contributed by atoms with E-state index in [-0.39, 0.29) is 12.8 Å². The minimum atomic E-state index is -4.06. The summed E-state index contributed by atoms with van der Waals surface area (Å²) in [6, 6.07) is 8.03. The molecule has 0 aromatic heterocycles. The van der Waals surface area contributed by atoms with Crippen molar-refractivity contribution < 1.29 is 13.2 Å². The molecule has 19 heavy (non-hydrogen) atoms. The fourth-order valence-corrected chi connectivity index (χ4v) is 2.93. The molecule has 0 amide bonds. The molecule has 0 atom stereocenters. The number of alkyl halides is 3. The first-order valence-electron chi connectivity index (χ1n) is 6.70. The molecule has 2 rings (SSSR count). The van der Waals surface area contributed by atoms with Crippen LogP contribution in [0, 0.1) is 12.8 Å². The fraction of sp³-hybridized carbons (Fsp3) is 0.600. The van der Waals surface area contributed by atoms with E-state index in [0.717, 1.165) is 11.1 Å². The summed E-state index contributed by atoms with van der Waals surface area (Å²) in [5.74, 6) is -1.17. The average Bonchev–Trinajstić information content (AvgIpc) is 2.27. The fourth-order valence-electron chi connectivity index (χ4n) is 2.93. The average molecular weight is 271 g/mol. The Labute approximate surface area is 112 Å². The van der Waals surface area contributed by atoms with Crippen molar-refractivity contribution in [3.8, 4) is 0 Å². The van der Waals surface area contributed by atoms with Crippen LogP contribution in [0.1, 0.15) is 36.8 Å². The molecule has 1 aromatic carbocycles. The number of nitrogens with two attached hydrogens (primary N) is 1. The van der Waals surface area contributed by atoms with Gasteiger partial charge in [-0.05, 0) is 44.6 Å². The highest BCUT2D eigenvalue weighted by molar-refractivity contribution is 5.24. The van der Waals surface area contributed by atoms with Crippen molar-refractivity contribution in [2.45, 2.75) is 50.7 Å². The molecule has 0 saturated heterocycles. The van der Waals surface area contributed by atoms with Crippen LogP contribution in [0.4, 0.5) is 13.2 Å². The van der Waals surface area contributed by atoms with E-state index in [0.29, 0.717) is 19.3 Å². The molecule has 1 aliphatic rings. The second kappa shape index (κ2) is 5.16. The number of aryl methyl sites for hydroxylation is 1. The molecule has 4 heteroatoms. The van der Waals surface area contributed by atoms with Gasteiger partial charge in [0.2, 0.25) is 0 Å². The van der Waals surface area contributed by atoms with E-state index in [1.165, 1.54) is 0 Å². The standard InChI is InChI=1S/C15H20F3N/c1-11-3-2-4-12(9-11)10-14(19)7-5-13(6-8-14)15(16,17)18/h2-4,9,13H,5-8,10,19H2,1H3. The van der Waals surface area contributed by atoms with Crippen LogP contribution in [0.5, 0.6) is 0 Å². The quantitative estimate of drug-likeness (QED) is 0.864. The lowest BCUT2D eigenvalue weighted by Crippen LogP contribution is -2.47. The van der Waals surface area contributed by atoms with Crippen LogP contribution < -0.4 is 5.73 Å². The van der Waals surface area contributed by atoms with Gasteiger partial charge in [0.15, 0.2) is 0 Å². The van der Waals surface area contributed by atoms with Gasteiger partial charge >= 0.3 is 6.18 Å². The monoisotopic (exact) mass is 271 g/mol. The summed E-state index contributed by atoms with van der Waals surface area (Å²) in [5.41, 5.74) is 8.08. The third-order valence-electron chi connectivity index (χ3n) is 4.08. The predicted octanol–water partition coefficient (Wildman–Crippen LogP) is 3.99. The second-order valence-electron chi connectivity index (χ2n) is 5.84. The van der Waals surface area contributed by atoms with Crippen LogP contribution in [0.15, 0.2) is 24.3 Å². The van der Waals surface area contributed by atoms with Crippen LogP contribution in [0.25, 0.3) is 0 Å². The number of hydrogen-bond acceptors (Lipinski definition) is 1. The minimum Gasteiger partial charge on any atom is -0.325 e. The minimum absolute atomic E-state index is 0.159. The maximum Gasteiger partial charge on any atom is 0.391 e. The Hall–Kier alpha value is -1.03. The van der Waals surface area contributed by atoms with E-state index < -0.39 is 17.6 Å². The molecule has 1 nitrogen and oxygen atoms in total. The van der Waals surface area contributed by atoms with E-state index >= 15 is 0 Å². The van der Waals surface area contributed by atoms with E-state index in [4.69, 9.17) is 5.73 Å². The summed E-state index contributed by atoms with van der Waals surface area (Å²) in [7, 11) is 0. The van der Waals surface area contributed by atoms with Crippen molar-refractivity contribution in [3.05, 3.63) is 35.4 Å². The molecule has 0 heterocycles. The van der Waals surface area contributed by atoms with Crippen LogP contribution in [-0.4, -0.2) is 11.7 Å². The number of halogens is 3. The molecule has 1 saturated carbocycles. The highest BCUT2D eigenvalue weighted by Gasteiger charge is 2.44. The summed E-state index contributed by atoms with van der Waals surface area (Å²) in [4.78, 5) is 0. The van der Waals surface area contributed by atoms with Gasteiger partial charge in [-0.15, -0.1) is 0 Å². The summed E-state index contributed by atoms with van der Waals surface area (Å²) < 4.78 is 37.9. The largest absolute Gasteiger partial charge is 0.391 e. The van der Waals surface area contributed by atoms with Crippen molar-refractivity contribution in [3.63, 3.8) is 0 Å². The predicted molar refractivity (Wildman–Crippen MR) is 69.8 cm³/mol. The van der Waals surface area contributed by atoms with Gasteiger partial charge in [0.25, 0.3) is 0 Å². The topological polar surface area (TPSA) is 26.0 Å². The highest BCUT2D eigenvalue weighted by Crippen LogP contribution is 2.41. The van der Waals surface area contributed by atoms with Crippen molar-refractivity contribution in [2.75, 3.05) is 0 Å². The van der Waals surface area contributed by atoms with Gasteiger partial charge in [-0.2, -0.15) is 13.2 Å². The molecule has 0 radical (unpaired) electrons. The molecule has 1 fully saturated rings. The highest BCUT2D eigenvalue weighted by atomic mass is 19.4. The molecule has 0 unspecified atom stereocenters. The molecule has 1 aliphatic carbocycles. The zero-order valence-electron chi connectivity index (χ0n) is 11.1. The molecule has 106 valence electrons. The van der Waals surface area contributed by atoms with E-state index in [1.807, 2.05) is 25.1 Å². The summed E-state index contributed by atoms with van der Waals surface area (Å²) in [6.45, 7) is 2.01. The van der Waals surface area contributed by atoms with E-state index in [2.05, 4.69) is 6.07 Å². The normalized spacial score (nSPS) is 28.4. The van der Waals surface area contributed by atoms with E-state index in [9.17, 15) is 13.2 Å². The van der Waals surface area contributed by atoms with Gasteiger partial charge in [-0.25, -0.2) is 0 Å². The summed E-state index contributed by atoms with van der Waals surface area (Å²) >= 11 is 0. The third kappa shape index (κ3) is 3.72. The third-order valence-corrected chi connectivity index (χ3v) is 4.08. The van der Waals surface area contributed by atoms with E-state index in [1.54, 1.807) is 0 Å². The van der Waals surface area contributed by atoms with Gasteiger partial charge < -0.3 is 5.73 Å². The Morgan fingerprint density at radius 3 is 2.42 bits per heavy atom. The molecule has 2 N–H and O–H groups in total. The number of rotatable bonds is 2. The number of hydrogen-bond donors (Lipinski definition) is 1. The molecule has 1 aromatic rings. The molecular formula is C15H20F3N. The SMILES string of the molecule is Cc1cccc(CC2(N)CCC(C(F)(F)F)CC2)c1. The first-order chi connectivity index (χ1) is 8.78. The van der Waals surface area contributed by atoms with Crippen LogP contribution in [0.3, 0.4) is 0 Å². The zero-order valence-corrected chi connectivity index (χ0v) is 11.1. The van der Waals surface area contributed by atoms with Gasteiger partial charge in [0.1, 0.15) is 0 Å². The van der Waals surface area contributed by atoms with Crippen molar-refractivity contribution >= 4 is 0 Å². The Kier molecular flexibility index (Phi) is 3.90. The lowest BCUT2D eigenvalue weighted by molar-refractivity contribution is -0.184. The van der Waals surface area contributed by atoms with Crippen LogP contribution in [-0.2, 0) is 6.42 Å². The first kappa shape index (κ1) is 14.4. The molecular weight excluding hydrogens is 251 g/mol. The zero-order chi connectivity index (χ0) is 14.1. The van der Waals surface area contributed by atoms with Gasteiger partial charge in [0.05, 0.1) is 5.92 Å². The van der Waals surface area contributed by atoms with Crippen molar-refractivity contribution in [1.29, 1.82) is 0 Å². The van der Waals surface area contributed by atoms with Crippen LogP contribution >= 0.6 is 0 Å². The smallest absolute Gasteiger partial charge is 0.325 e. The summed E-state index contributed by atoms with van der Waals surface area (Å²) in [5, 5.41) is 0. The Morgan fingerprint density at radius 1 is 1.26 bits per heavy atom. The van der Waals surface area contributed by atoms with Crippen molar-refractivity contribution in [2.24, 2.45) is 11.7 Å². The maximum absolute atomic E-state index is 12.6. The lowest BCUT2D eigenvalue weighted by Gasteiger charge is -2.38. The molecule has 0 bridgehead atoms.